The molecule has 1 aliphatic rings. The quantitative estimate of drug-likeness (QED) is 0.862. The van der Waals surface area contributed by atoms with Gasteiger partial charge in [0.25, 0.3) is 5.91 Å². The second-order valence-corrected chi connectivity index (χ2v) is 7.14. The summed E-state index contributed by atoms with van der Waals surface area (Å²) in [5.74, 6) is 1.15. The van der Waals surface area contributed by atoms with Crippen LogP contribution in [0, 0.1) is 0 Å². The zero-order chi connectivity index (χ0) is 14.5. The number of carbonyl (C=O) groups excluding carboxylic acids is 1. The van der Waals surface area contributed by atoms with Crippen LogP contribution in [0.4, 0.5) is 0 Å². The predicted octanol–water partition coefficient (Wildman–Crippen LogP) is 1.97. The maximum absolute atomic E-state index is 12.1. The summed E-state index contributed by atoms with van der Waals surface area (Å²) < 4.78 is 17.0. The zero-order valence-corrected chi connectivity index (χ0v) is 13.8. The molecule has 21 heavy (non-hydrogen) atoms. The highest BCUT2D eigenvalue weighted by Gasteiger charge is 2.27. The van der Waals surface area contributed by atoms with Gasteiger partial charge in [-0.3, -0.25) is 9.00 Å². The van der Waals surface area contributed by atoms with Crippen molar-refractivity contribution in [3.8, 4) is 0 Å². The van der Waals surface area contributed by atoms with E-state index in [-0.39, 0.29) is 36.2 Å². The van der Waals surface area contributed by atoms with Crippen LogP contribution in [0.15, 0.2) is 16.7 Å². The summed E-state index contributed by atoms with van der Waals surface area (Å²) in [6.45, 7) is 2.23. The zero-order valence-electron chi connectivity index (χ0n) is 12.2. The van der Waals surface area contributed by atoms with Gasteiger partial charge in [0.15, 0.2) is 0 Å². The molecule has 1 aromatic heterocycles. The van der Waals surface area contributed by atoms with E-state index in [9.17, 15) is 9.00 Å². The fourth-order valence-electron chi connectivity index (χ4n) is 2.63. The molecule has 3 unspecified atom stereocenters. The highest BCUT2D eigenvalue weighted by atomic mass is 35.5. The van der Waals surface area contributed by atoms with Gasteiger partial charge in [-0.15, -0.1) is 12.4 Å². The second kappa shape index (κ2) is 8.56. The summed E-state index contributed by atoms with van der Waals surface area (Å²) in [5, 5.41) is 3.22. The van der Waals surface area contributed by atoms with Crippen LogP contribution in [-0.2, 0) is 17.3 Å². The topological polar surface area (TPSA) is 85.3 Å². The molecule has 0 aromatic carbocycles. The van der Waals surface area contributed by atoms with Crippen LogP contribution in [-0.4, -0.2) is 27.2 Å². The van der Waals surface area contributed by atoms with Gasteiger partial charge in [0, 0.05) is 27.8 Å². The van der Waals surface area contributed by atoms with Gasteiger partial charge in [0.05, 0.1) is 12.1 Å². The smallest absolute Gasteiger partial charge is 0.254 e. The minimum atomic E-state index is -0.777. The molecule has 2 rings (SSSR count). The average Bonchev–Trinajstić information content (AvgIpc) is 2.95. The van der Waals surface area contributed by atoms with Gasteiger partial charge in [-0.1, -0.05) is 13.3 Å². The Bertz CT molecular complexity index is 492. The molecule has 0 saturated heterocycles. The van der Waals surface area contributed by atoms with Gasteiger partial charge in [-0.25, -0.2) is 0 Å². The van der Waals surface area contributed by atoms with E-state index >= 15 is 0 Å². The van der Waals surface area contributed by atoms with Crippen LogP contribution in [0.1, 0.15) is 48.7 Å². The van der Waals surface area contributed by atoms with Gasteiger partial charge in [0.2, 0.25) is 0 Å². The standard InChI is InChI=1S/C14H22N2O3S.ClH/c1-2-20(18)13-5-3-4-11(7-13)16-14(17)10-6-12(8-15)19-9-10;/h6,9,11,13H,2-5,7-8,15H2,1H3,(H,16,17);1H. The van der Waals surface area contributed by atoms with Crippen LogP contribution in [0.2, 0.25) is 0 Å². The molecule has 0 aliphatic heterocycles. The number of rotatable bonds is 5. The third-order valence-electron chi connectivity index (χ3n) is 3.73. The fraction of sp³-hybridized carbons (Fsp3) is 0.643. The third-order valence-corrected chi connectivity index (χ3v) is 5.48. The number of carbonyl (C=O) groups is 1. The largest absolute Gasteiger partial charge is 0.467 e. The molecule has 0 bridgehead atoms. The van der Waals surface area contributed by atoms with E-state index in [1.165, 1.54) is 6.26 Å². The molecule has 0 radical (unpaired) electrons. The molecule has 3 N–H and O–H groups in total. The molecule has 1 saturated carbocycles. The van der Waals surface area contributed by atoms with E-state index in [1.54, 1.807) is 6.07 Å². The lowest BCUT2D eigenvalue weighted by Gasteiger charge is -2.28. The first-order valence-corrected chi connectivity index (χ1v) is 8.47. The molecule has 7 heteroatoms. The van der Waals surface area contributed by atoms with E-state index < -0.39 is 10.8 Å². The molecular weight excluding hydrogens is 312 g/mol. The van der Waals surface area contributed by atoms with E-state index in [1.807, 2.05) is 6.92 Å². The predicted molar refractivity (Wildman–Crippen MR) is 86.0 cm³/mol. The molecule has 120 valence electrons. The minimum Gasteiger partial charge on any atom is -0.467 e. The van der Waals surface area contributed by atoms with E-state index in [0.717, 1.165) is 25.7 Å². The highest BCUT2D eigenvalue weighted by molar-refractivity contribution is 7.85. The molecule has 5 nitrogen and oxygen atoms in total. The van der Waals surface area contributed by atoms with Crippen LogP contribution in [0.3, 0.4) is 0 Å². The Morgan fingerprint density at radius 3 is 2.90 bits per heavy atom. The van der Waals surface area contributed by atoms with Crippen LogP contribution in [0.25, 0.3) is 0 Å². The van der Waals surface area contributed by atoms with Crippen molar-refractivity contribution in [2.45, 2.75) is 50.4 Å². The Morgan fingerprint density at radius 1 is 1.52 bits per heavy atom. The number of furan rings is 1. The molecule has 0 spiro atoms. The van der Waals surface area contributed by atoms with Gasteiger partial charge in [-0.05, 0) is 25.3 Å². The maximum atomic E-state index is 12.1. The van der Waals surface area contributed by atoms with Gasteiger partial charge in [0.1, 0.15) is 12.0 Å². The lowest BCUT2D eigenvalue weighted by molar-refractivity contribution is 0.0927. The molecule has 1 aliphatic carbocycles. The molecule has 1 fully saturated rings. The number of nitrogens with two attached hydrogens (primary N) is 1. The van der Waals surface area contributed by atoms with Crippen LogP contribution < -0.4 is 11.1 Å². The lowest BCUT2D eigenvalue weighted by atomic mass is 9.95. The Kier molecular flexibility index (Phi) is 7.42. The maximum Gasteiger partial charge on any atom is 0.254 e. The van der Waals surface area contributed by atoms with Crippen LogP contribution in [0.5, 0.6) is 0 Å². The number of amides is 1. The van der Waals surface area contributed by atoms with Crippen molar-refractivity contribution in [2.24, 2.45) is 5.73 Å². The first-order valence-electron chi connectivity index (χ1n) is 7.09. The van der Waals surface area contributed by atoms with Gasteiger partial charge >= 0.3 is 0 Å². The molecule has 1 amide bonds. The van der Waals surface area contributed by atoms with E-state index in [2.05, 4.69) is 5.32 Å². The van der Waals surface area contributed by atoms with E-state index in [0.29, 0.717) is 17.1 Å². The number of hydrogen-bond acceptors (Lipinski definition) is 4. The highest BCUT2D eigenvalue weighted by Crippen LogP contribution is 2.23. The third kappa shape index (κ3) is 4.83. The van der Waals surface area contributed by atoms with Crippen molar-refractivity contribution < 1.29 is 13.4 Å². The van der Waals surface area contributed by atoms with Gasteiger partial charge < -0.3 is 15.5 Å². The van der Waals surface area contributed by atoms with Crippen molar-refractivity contribution in [2.75, 3.05) is 5.75 Å². The molecule has 3 atom stereocenters. The average molecular weight is 335 g/mol. The van der Waals surface area contributed by atoms with Crippen molar-refractivity contribution in [1.29, 1.82) is 0 Å². The monoisotopic (exact) mass is 334 g/mol. The number of hydrogen-bond donors (Lipinski definition) is 2. The summed E-state index contributed by atoms with van der Waals surface area (Å²) in [4.78, 5) is 12.1. The SMILES string of the molecule is CCS(=O)C1CCCC(NC(=O)c2coc(CN)c2)C1.Cl. The molecular formula is C14H23ClN2O3S. The summed E-state index contributed by atoms with van der Waals surface area (Å²) in [6.07, 6.45) is 5.19. The Morgan fingerprint density at radius 2 is 2.29 bits per heavy atom. The van der Waals surface area contributed by atoms with Crippen molar-refractivity contribution in [3.63, 3.8) is 0 Å². The first-order chi connectivity index (χ1) is 9.63. The van der Waals surface area contributed by atoms with Crippen molar-refractivity contribution in [1.82, 2.24) is 5.32 Å². The van der Waals surface area contributed by atoms with Crippen molar-refractivity contribution >= 4 is 29.1 Å². The summed E-state index contributed by atoms with van der Waals surface area (Å²) >= 11 is 0. The summed E-state index contributed by atoms with van der Waals surface area (Å²) in [5.41, 5.74) is 5.96. The summed E-state index contributed by atoms with van der Waals surface area (Å²) in [7, 11) is -0.777. The minimum absolute atomic E-state index is 0. The van der Waals surface area contributed by atoms with Gasteiger partial charge in [-0.2, -0.15) is 0 Å². The molecule has 1 aromatic rings. The van der Waals surface area contributed by atoms with Crippen LogP contribution >= 0.6 is 12.4 Å². The van der Waals surface area contributed by atoms with Crippen molar-refractivity contribution in [3.05, 3.63) is 23.7 Å². The lowest BCUT2D eigenvalue weighted by Crippen LogP contribution is -2.41. The second-order valence-electron chi connectivity index (χ2n) is 5.13. The van der Waals surface area contributed by atoms with E-state index in [4.69, 9.17) is 10.2 Å². The number of nitrogens with one attached hydrogen (secondary N) is 1. The first kappa shape index (κ1) is 18.2. The Balaban J connectivity index is 0.00000220. The molecule has 1 heterocycles. The Labute approximate surface area is 133 Å². The normalized spacial score (nSPS) is 23.1. The number of halogens is 1. The fourth-order valence-corrected chi connectivity index (χ4v) is 3.97. The summed E-state index contributed by atoms with van der Waals surface area (Å²) in [6, 6.07) is 1.77. The Hall–Kier alpha value is -0.850.